The fourth-order valence-electron chi connectivity index (χ4n) is 2.93. The number of hydrazone groups is 1. The number of carbonyl (C=O) groups is 2. The molecule has 1 heterocycles. The maximum Gasteiger partial charge on any atom is 0.273 e. The van der Waals surface area contributed by atoms with Crippen LogP contribution in [-0.4, -0.2) is 31.5 Å². The van der Waals surface area contributed by atoms with Gasteiger partial charge in [0.05, 0.1) is 21.7 Å². The molecule has 0 spiro atoms. The third-order valence-corrected chi connectivity index (χ3v) is 6.44. The van der Waals surface area contributed by atoms with Gasteiger partial charge in [0.1, 0.15) is 0 Å². The molecule has 0 saturated carbocycles. The Bertz CT molecular complexity index is 1030. The van der Waals surface area contributed by atoms with Crippen LogP contribution in [0, 0.1) is 6.92 Å². The third-order valence-electron chi connectivity index (χ3n) is 4.36. The molecule has 1 atom stereocenters. The molecule has 1 aromatic rings. The van der Waals surface area contributed by atoms with Crippen LogP contribution in [0.25, 0.3) is 0 Å². The van der Waals surface area contributed by atoms with Crippen LogP contribution < -0.4 is 15.9 Å². The molecule has 1 aliphatic heterocycles. The number of primary amides is 1. The molecule has 8 nitrogen and oxygen atoms in total. The first-order valence-corrected chi connectivity index (χ1v) is 9.87. The molecule has 0 radical (unpaired) electrons. The minimum Gasteiger partial charge on any atom is -0.370 e. The second-order valence-corrected chi connectivity index (χ2v) is 8.36. The van der Waals surface area contributed by atoms with Gasteiger partial charge in [-0.25, -0.2) is 13.8 Å². The van der Waals surface area contributed by atoms with Gasteiger partial charge in [-0.05, 0) is 43.2 Å². The second-order valence-electron chi connectivity index (χ2n) is 6.30. The zero-order valence-electron chi connectivity index (χ0n) is 14.3. The monoisotopic (exact) mass is 408 g/mol. The lowest BCUT2D eigenvalue weighted by Gasteiger charge is -2.31. The Hall–Kier alpha value is -2.49. The van der Waals surface area contributed by atoms with Crippen LogP contribution in [0.2, 0.25) is 5.02 Å². The van der Waals surface area contributed by atoms with Crippen molar-refractivity contribution < 1.29 is 18.0 Å². The molecule has 27 heavy (non-hydrogen) atoms. The molecule has 2 aliphatic rings. The fraction of sp³-hybridized carbons (Fsp3) is 0.235. The molecule has 0 bridgehead atoms. The van der Waals surface area contributed by atoms with Crippen LogP contribution in [0.15, 0.2) is 52.0 Å². The number of hydrogen-bond acceptors (Lipinski definition) is 5. The summed E-state index contributed by atoms with van der Waals surface area (Å²) in [6, 6.07) is 4.55. The fourth-order valence-corrected chi connectivity index (χ4v) is 4.77. The average Bonchev–Trinajstić information content (AvgIpc) is 2.95. The van der Waals surface area contributed by atoms with Crippen LogP contribution in [0.1, 0.15) is 18.4 Å². The standard InChI is InChI=1S/C17H17ClN4O4S/c1-10-12(18)3-2-4-14(10)27(25,26)22-17(8-6-15(19)23)7-5-13-11(9-17)16(24)21-20-13/h2-5,7,9,22H,6,8H2,1H3,(H2,19,23)(H,21,24). The van der Waals surface area contributed by atoms with E-state index in [1.807, 2.05) is 0 Å². The van der Waals surface area contributed by atoms with Gasteiger partial charge in [-0.1, -0.05) is 23.7 Å². The van der Waals surface area contributed by atoms with Gasteiger partial charge in [-0.3, -0.25) is 9.59 Å². The molecule has 10 heteroatoms. The molecule has 142 valence electrons. The van der Waals surface area contributed by atoms with Crippen molar-refractivity contribution in [3.63, 3.8) is 0 Å². The number of nitrogens with two attached hydrogens (primary N) is 1. The summed E-state index contributed by atoms with van der Waals surface area (Å²) in [4.78, 5) is 23.3. The zero-order valence-corrected chi connectivity index (χ0v) is 15.9. The second kappa shape index (κ2) is 6.91. The highest BCUT2D eigenvalue weighted by Crippen LogP contribution is 2.30. The molecule has 1 aromatic carbocycles. The highest BCUT2D eigenvalue weighted by molar-refractivity contribution is 7.89. The Morgan fingerprint density at radius 2 is 2.15 bits per heavy atom. The number of fused-ring (bicyclic) bond motifs is 1. The first kappa shape index (κ1) is 19.3. The van der Waals surface area contributed by atoms with Crippen molar-refractivity contribution in [3.05, 3.63) is 52.6 Å². The number of nitrogens with zero attached hydrogens (tertiary/aromatic N) is 1. The number of carbonyl (C=O) groups excluding carboxylic acids is 2. The molecule has 0 saturated heterocycles. The zero-order chi connectivity index (χ0) is 19.8. The topological polar surface area (TPSA) is 131 Å². The van der Waals surface area contributed by atoms with Gasteiger partial charge in [-0.2, -0.15) is 9.82 Å². The minimum atomic E-state index is -4.02. The van der Waals surface area contributed by atoms with Gasteiger partial charge in [0, 0.05) is 11.4 Å². The number of halogens is 1. The molecule has 4 N–H and O–H groups in total. The SMILES string of the molecule is Cc1c(Cl)cccc1S(=O)(=O)NC1(CCC(N)=O)C=CC2=NNC(=O)C2=C1. The van der Waals surface area contributed by atoms with Gasteiger partial charge in [0.2, 0.25) is 15.9 Å². The highest BCUT2D eigenvalue weighted by Gasteiger charge is 2.38. The summed E-state index contributed by atoms with van der Waals surface area (Å²) < 4.78 is 28.6. The van der Waals surface area contributed by atoms with Crippen LogP contribution in [0.5, 0.6) is 0 Å². The van der Waals surface area contributed by atoms with E-state index in [1.165, 1.54) is 24.3 Å². The lowest BCUT2D eigenvalue weighted by atomic mass is 9.86. The number of sulfonamides is 1. The number of nitrogens with one attached hydrogen (secondary N) is 2. The molecule has 1 aliphatic carbocycles. The summed E-state index contributed by atoms with van der Waals surface area (Å²) in [5.41, 5.74) is 7.27. The molecule has 0 fully saturated rings. The Balaban J connectivity index is 2.04. The minimum absolute atomic E-state index is 0.00980. The van der Waals surface area contributed by atoms with Gasteiger partial charge in [0.15, 0.2) is 0 Å². The van der Waals surface area contributed by atoms with Crippen molar-refractivity contribution in [2.45, 2.75) is 30.2 Å². The van der Waals surface area contributed by atoms with Crippen molar-refractivity contribution in [1.29, 1.82) is 0 Å². The maximum atomic E-state index is 13.0. The van der Waals surface area contributed by atoms with Gasteiger partial charge >= 0.3 is 0 Å². The Labute approximate surface area is 161 Å². The summed E-state index contributed by atoms with van der Waals surface area (Å²) in [5.74, 6) is -1.04. The summed E-state index contributed by atoms with van der Waals surface area (Å²) in [6.45, 7) is 1.59. The molecule has 2 amide bonds. The van der Waals surface area contributed by atoms with Crippen LogP contribution in [0.3, 0.4) is 0 Å². The van der Waals surface area contributed by atoms with Crippen molar-refractivity contribution in [1.82, 2.24) is 10.1 Å². The molecule has 1 unspecified atom stereocenters. The van der Waals surface area contributed by atoms with E-state index in [0.717, 1.165) is 0 Å². The van der Waals surface area contributed by atoms with Crippen molar-refractivity contribution in [3.8, 4) is 0 Å². The lowest BCUT2D eigenvalue weighted by molar-refractivity contribution is -0.118. The summed E-state index contributed by atoms with van der Waals surface area (Å²) in [7, 11) is -4.02. The largest absolute Gasteiger partial charge is 0.370 e. The summed E-state index contributed by atoms with van der Waals surface area (Å²) >= 11 is 6.04. The number of benzene rings is 1. The summed E-state index contributed by atoms with van der Waals surface area (Å²) in [6.07, 6.45) is 4.49. The number of amides is 2. The first-order valence-electron chi connectivity index (χ1n) is 8.01. The van der Waals surface area contributed by atoms with E-state index < -0.39 is 27.4 Å². The first-order chi connectivity index (χ1) is 12.6. The van der Waals surface area contributed by atoms with E-state index in [1.54, 1.807) is 19.1 Å². The van der Waals surface area contributed by atoms with Gasteiger partial charge in [-0.15, -0.1) is 0 Å². The number of rotatable bonds is 6. The van der Waals surface area contributed by atoms with Crippen LogP contribution in [-0.2, 0) is 19.6 Å². The molecule has 0 aromatic heterocycles. The normalized spacial score (nSPS) is 21.3. The van der Waals surface area contributed by atoms with E-state index in [2.05, 4.69) is 15.2 Å². The predicted octanol–water partition coefficient (Wildman–Crippen LogP) is 0.913. The average molecular weight is 409 g/mol. The number of allylic oxidation sites excluding steroid dienone is 1. The van der Waals surface area contributed by atoms with E-state index in [-0.39, 0.29) is 23.3 Å². The predicted molar refractivity (Wildman–Crippen MR) is 100 cm³/mol. The Morgan fingerprint density at radius 3 is 2.85 bits per heavy atom. The van der Waals surface area contributed by atoms with E-state index >= 15 is 0 Å². The van der Waals surface area contributed by atoms with E-state index in [4.69, 9.17) is 17.3 Å². The lowest BCUT2D eigenvalue weighted by Crippen LogP contribution is -2.48. The van der Waals surface area contributed by atoms with Gasteiger partial charge < -0.3 is 5.73 Å². The number of hydrogen-bond donors (Lipinski definition) is 3. The highest BCUT2D eigenvalue weighted by atomic mass is 35.5. The third kappa shape index (κ3) is 3.80. The molecule has 3 rings (SSSR count). The maximum absolute atomic E-state index is 13.0. The van der Waals surface area contributed by atoms with Crippen molar-refractivity contribution >= 4 is 39.2 Å². The summed E-state index contributed by atoms with van der Waals surface area (Å²) in [5, 5.41) is 4.17. The molecular weight excluding hydrogens is 392 g/mol. The van der Waals surface area contributed by atoms with Crippen LogP contribution in [0.4, 0.5) is 0 Å². The smallest absolute Gasteiger partial charge is 0.273 e. The van der Waals surface area contributed by atoms with E-state index in [9.17, 15) is 18.0 Å². The van der Waals surface area contributed by atoms with Gasteiger partial charge in [0.25, 0.3) is 5.91 Å². The van der Waals surface area contributed by atoms with Crippen molar-refractivity contribution in [2.75, 3.05) is 0 Å². The molecular formula is C17H17ClN4O4S. The van der Waals surface area contributed by atoms with E-state index in [0.29, 0.717) is 16.3 Å². The quantitative estimate of drug-likeness (QED) is 0.645. The Morgan fingerprint density at radius 1 is 1.41 bits per heavy atom. The van der Waals surface area contributed by atoms with Crippen molar-refractivity contribution in [2.24, 2.45) is 10.8 Å². The van der Waals surface area contributed by atoms with Crippen LogP contribution >= 0.6 is 11.6 Å². The Kier molecular flexibility index (Phi) is 4.94.